The molecule has 1 unspecified atom stereocenters. The number of carbonyl (C=O) groups excluding carboxylic acids is 1. The van der Waals surface area contributed by atoms with E-state index in [-0.39, 0.29) is 11.7 Å². The van der Waals surface area contributed by atoms with E-state index in [2.05, 4.69) is 0 Å². The van der Waals surface area contributed by atoms with Gasteiger partial charge in [-0.3, -0.25) is 0 Å². The van der Waals surface area contributed by atoms with E-state index in [9.17, 15) is 4.79 Å². The van der Waals surface area contributed by atoms with E-state index in [1.165, 1.54) is 19.3 Å². The Bertz CT molecular complexity index is 244. The number of hydrogen-bond donors (Lipinski definition) is 0. The van der Waals surface area contributed by atoms with Gasteiger partial charge in [-0.15, -0.1) is 0 Å². The number of carbonyl (C=O) groups is 1. The SMILES string of the molecule is CC(C)(C)OC(=O)N1CC2CC[C@H]1C2. The molecule has 2 aliphatic rings. The zero-order chi connectivity index (χ0) is 10.3. The number of hydrogen-bond acceptors (Lipinski definition) is 2. The maximum absolute atomic E-state index is 11.8. The zero-order valence-electron chi connectivity index (χ0n) is 9.25. The monoisotopic (exact) mass is 197 g/mol. The molecule has 0 aromatic carbocycles. The fraction of sp³-hybridized carbons (Fsp3) is 0.909. The molecule has 2 fully saturated rings. The highest BCUT2D eigenvalue weighted by Crippen LogP contribution is 2.37. The molecule has 3 nitrogen and oxygen atoms in total. The van der Waals surface area contributed by atoms with Crippen LogP contribution in [0.2, 0.25) is 0 Å². The van der Waals surface area contributed by atoms with E-state index in [1.54, 1.807) is 0 Å². The summed E-state index contributed by atoms with van der Waals surface area (Å²) in [4.78, 5) is 13.7. The first-order valence-corrected chi connectivity index (χ1v) is 5.45. The van der Waals surface area contributed by atoms with Crippen molar-refractivity contribution >= 4 is 6.09 Å². The molecule has 0 radical (unpaired) electrons. The van der Waals surface area contributed by atoms with Crippen LogP contribution in [0.15, 0.2) is 0 Å². The summed E-state index contributed by atoms with van der Waals surface area (Å²) < 4.78 is 5.36. The summed E-state index contributed by atoms with van der Waals surface area (Å²) in [6.45, 7) is 6.66. The third kappa shape index (κ3) is 1.86. The van der Waals surface area contributed by atoms with Crippen molar-refractivity contribution in [1.82, 2.24) is 4.90 Å². The van der Waals surface area contributed by atoms with Gasteiger partial charge >= 0.3 is 6.09 Å². The smallest absolute Gasteiger partial charge is 0.410 e. The summed E-state index contributed by atoms with van der Waals surface area (Å²) in [7, 11) is 0. The van der Waals surface area contributed by atoms with Gasteiger partial charge in [-0.25, -0.2) is 4.79 Å². The summed E-state index contributed by atoms with van der Waals surface area (Å²) in [6, 6.07) is 0.467. The van der Waals surface area contributed by atoms with Crippen molar-refractivity contribution < 1.29 is 9.53 Å². The van der Waals surface area contributed by atoms with Crippen LogP contribution in [-0.4, -0.2) is 29.2 Å². The molecule has 1 saturated heterocycles. The van der Waals surface area contributed by atoms with Crippen molar-refractivity contribution in [2.75, 3.05) is 6.54 Å². The normalized spacial score (nSPS) is 30.9. The Labute approximate surface area is 85.4 Å². The Morgan fingerprint density at radius 3 is 2.50 bits per heavy atom. The molecule has 2 bridgehead atoms. The van der Waals surface area contributed by atoms with Crippen molar-refractivity contribution in [3.63, 3.8) is 0 Å². The molecule has 0 spiro atoms. The lowest BCUT2D eigenvalue weighted by Gasteiger charge is -2.30. The van der Waals surface area contributed by atoms with Crippen LogP contribution in [0.4, 0.5) is 4.79 Å². The summed E-state index contributed by atoms with van der Waals surface area (Å²) in [5, 5.41) is 0. The van der Waals surface area contributed by atoms with Gasteiger partial charge < -0.3 is 9.64 Å². The minimum absolute atomic E-state index is 0.121. The number of ether oxygens (including phenoxy) is 1. The standard InChI is InChI=1S/C11H19NO2/c1-11(2,3)14-10(13)12-7-8-4-5-9(12)6-8/h8-9H,4-7H2,1-3H3/t8?,9-/m0/s1. The van der Waals surface area contributed by atoms with Crippen LogP contribution < -0.4 is 0 Å². The van der Waals surface area contributed by atoms with Crippen LogP contribution in [0.5, 0.6) is 0 Å². The van der Waals surface area contributed by atoms with Crippen molar-refractivity contribution in [1.29, 1.82) is 0 Å². The lowest BCUT2D eigenvalue weighted by Crippen LogP contribution is -2.41. The predicted octanol–water partition coefficient (Wildman–Crippen LogP) is 2.41. The molecule has 14 heavy (non-hydrogen) atoms. The van der Waals surface area contributed by atoms with Crippen LogP contribution in [0.3, 0.4) is 0 Å². The van der Waals surface area contributed by atoms with E-state index >= 15 is 0 Å². The number of likely N-dealkylation sites (tertiary alicyclic amines) is 1. The highest BCUT2D eigenvalue weighted by Gasteiger charge is 2.41. The zero-order valence-corrected chi connectivity index (χ0v) is 9.25. The molecule has 0 aromatic heterocycles. The third-order valence-electron chi connectivity index (χ3n) is 3.04. The minimum atomic E-state index is -0.362. The van der Waals surface area contributed by atoms with Crippen molar-refractivity contribution in [3.8, 4) is 0 Å². The molecule has 1 aliphatic heterocycles. The molecule has 1 amide bonds. The second-order valence-electron chi connectivity index (χ2n) is 5.47. The summed E-state index contributed by atoms with van der Waals surface area (Å²) in [5.41, 5.74) is -0.362. The van der Waals surface area contributed by atoms with E-state index in [0.717, 1.165) is 12.5 Å². The van der Waals surface area contributed by atoms with E-state index < -0.39 is 0 Å². The summed E-state index contributed by atoms with van der Waals surface area (Å²) in [5.74, 6) is 0.743. The third-order valence-corrected chi connectivity index (χ3v) is 3.04. The van der Waals surface area contributed by atoms with Gasteiger partial charge in [0.05, 0.1) is 0 Å². The molecule has 2 atom stereocenters. The summed E-state index contributed by atoms with van der Waals surface area (Å²) >= 11 is 0. The Kier molecular flexibility index (Phi) is 2.20. The predicted molar refractivity (Wildman–Crippen MR) is 54.1 cm³/mol. The Morgan fingerprint density at radius 2 is 2.07 bits per heavy atom. The van der Waals surface area contributed by atoms with Gasteiger partial charge in [0, 0.05) is 12.6 Å². The molecule has 3 heteroatoms. The highest BCUT2D eigenvalue weighted by atomic mass is 16.6. The van der Waals surface area contributed by atoms with Gasteiger partial charge in [0.2, 0.25) is 0 Å². The maximum Gasteiger partial charge on any atom is 0.410 e. The van der Waals surface area contributed by atoms with Crippen LogP contribution in [0.25, 0.3) is 0 Å². The van der Waals surface area contributed by atoms with Crippen LogP contribution in [0.1, 0.15) is 40.0 Å². The largest absolute Gasteiger partial charge is 0.444 e. The number of nitrogens with zero attached hydrogens (tertiary/aromatic N) is 1. The fourth-order valence-electron chi connectivity index (χ4n) is 2.47. The topological polar surface area (TPSA) is 29.5 Å². The van der Waals surface area contributed by atoms with Crippen molar-refractivity contribution in [2.24, 2.45) is 5.92 Å². The van der Waals surface area contributed by atoms with Crippen molar-refractivity contribution in [3.05, 3.63) is 0 Å². The lowest BCUT2D eigenvalue weighted by molar-refractivity contribution is 0.0191. The van der Waals surface area contributed by atoms with Gasteiger partial charge in [0.1, 0.15) is 5.60 Å². The molecule has 1 aliphatic carbocycles. The van der Waals surface area contributed by atoms with Gasteiger partial charge in [-0.1, -0.05) is 0 Å². The number of amides is 1. The Hall–Kier alpha value is -0.730. The first-order chi connectivity index (χ1) is 6.46. The minimum Gasteiger partial charge on any atom is -0.444 e. The highest BCUT2D eigenvalue weighted by molar-refractivity contribution is 5.69. The number of rotatable bonds is 0. The second-order valence-corrected chi connectivity index (χ2v) is 5.47. The Morgan fingerprint density at radius 1 is 1.36 bits per heavy atom. The Balaban J connectivity index is 1.93. The molecule has 1 saturated carbocycles. The van der Waals surface area contributed by atoms with E-state index in [4.69, 9.17) is 4.74 Å². The molecular weight excluding hydrogens is 178 g/mol. The molecular formula is C11H19NO2. The molecule has 80 valence electrons. The molecule has 1 heterocycles. The number of fused-ring (bicyclic) bond motifs is 2. The average Bonchev–Trinajstić information content (AvgIpc) is 2.59. The first kappa shape index (κ1) is 9.81. The second kappa shape index (κ2) is 3.14. The van der Waals surface area contributed by atoms with Gasteiger partial charge in [-0.05, 0) is 46.0 Å². The van der Waals surface area contributed by atoms with Gasteiger partial charge in [0.15, 0.2) is 0 Å². The van der Waals surface area contributed by atoms with Crippen LogP contribution in [-0.2, 0) is 4.74 Å². The molecule has 0 N–H and O–H groups in total. The first-order valence-electron chi connectivity index (χ1n) is 5.45. The molecule has 0 aromatic rings. The van der Waals surface area contributed by atoms with Gasteiger partial charge in [-0.2, -0.15) is 0 Å². The lowest BCUT2D eigenvalue weighted by atomic mass is 10.1. The van der Waals surface area contributed by atoms with Crippen molar-refractivity contribution in [2.45, 2.75) is 51.7 Å². The van der Waals surface area contributed by atoms with Gasteiger partial charge in [0.25, 0.3) is 0 Å². The number of piperidine rings is 1. The average molecular weight is 197 g/mol. The molecule has 2 rings (SSSR count). The van der Waals surface area contributed by atoms with E-state index in [0.29, 0.717) is 6.04 Å². The van der Waals surface area contributed by atoms with E-state index in [1.807, 2.05) is 25.7 Å². The summed E-state index contributed by atoms with van der Waals surface area (Å²) in [6.07, 6.45) is 3.54. The maximum atomic E-state index is 11.8. The van der Waals surface area contributed by atoms with Crippen LogP contribution in [0, 0.1) is 5.92 Å². The quantitative estimate of drug-likeness (QED) is 0.597. The van der Waals surface area contributed by atoms with Crippen LogP contribution >= 0.6 is 0 Å². The fourth-order valence-corrected chi connectivity index (χ4v) is 2.47.